The molecular weight excluding hydrogens is 513 g/mol. The number of sulfonamides is 1. The standard InChI is InChI=1S/C24H23Cl2N3O5S/c1-34-14-13-27-24(31)19-9-5-6-10-22(19)28-23(30)16-29(17-11-12-20(25)21(26)15-17)35(32,33)18-7-3-2-4-8-18/h2-12,15H,13-14,16H2,1H3,(H,27,31)(H,28,30). The minimum absolute atomic E-state index is 0.00297. The van der Waals surface area contributed by atoms with Crippen LogP contribution in [0.4, 0.5) is 11.4 Å². The number of hydrogen-bond acceptors (Lipinski definition) is 5. The van der Waals surface area contributed by atoms with Gasteiger partial charge in [-0.15, -0.1) is 0 Å². The van der Waals surface area contributed by atoms with Gasteiger partial charge in [0, 0.05) is 13.7 Å². The Morgan fingerprint density at radius 1 is 0.943 bits per heavy atom. The second-order valence-corrected chi connectivity index (χ2v) is 9.94. The third kappa shape index (κ3) is 6.73. The van der Waals surface area contributed by atoms with E-state index in [9.17, 15) is 18.0 Å². The number of hydrogen-bond donors (Lipinski definition) is 2. The van der Waals surface area contributed by atoms with Gasteiger partial charge in [-0.25, -0.2) is 8.42 Å². The Balaban J connectivity index is 1.90. The third-order valence-corrected chi connectivity index (χ3v) is 7.37. The fourth-order valence-electron chi connectivity index (χ4n) is 3.15. The monoisotopic (exact) mass is 535 g/mol. The molecule has 0 unspecified atom stereocenters. The Kier molecular flexibility index (Phi) is 9.11. The molecule has 0 aliphatic carbocycles. The molecule has 0 aliphatic rings. The summed E-state index contributed by atoms with van der Waals surface area (Å²) >= 11 is 12.1. The zero-order chi connectivity index (χ0) is 25.4. The van der Waals surface area contributed by atoms with Crippen molar-refractivity contribution in [3.05, 3.63) is 88.4 Å². The zero-order valence-electron chi connectivity index (χ0n) is 18.7. The first-order valence-corrected chi connectivity index (χ1v) is 12.6. The number of benzene rings is 3. The Morgan fingerprint density at radius 2 is 1.63 bits per heavy atom. The molecule has 3 aromatic carbocycles. The van der Waals surface area contributed by atoms with Gasteiger partial charge in [-0.2, -0.15) is 0 Å². The van der Waals surface area contributed by atoms with Gasteiger partial charge in [0.05, 0.1) is 38.5 Å². The number of amides is 2. The van der Waals surface area contributed by atoms with Crippen molar-refractivity contribution in [3.8, 4) is 0 Å². The number of rotatable bonds is 10. The molecule has 2 N–H and O–H groups in total. The van der Waals surface area contributed by atoms with Gasteiger partial charge in [-0.3, -0.25) is 13.9 Å². The van der Waals surface area contributed by atoms with Crippen LogP contribution in [-0.4, -0.2) is 47.0 Å². The first kappa shape index (κ1) is 26.5. The summed E-state index contributed by atoms with van der Waals surface area (Å²) in [6.45, 7) is 0.0447. The molecular formula is C24H23Cl2N3O5S. The highest BCUT2D eigenvalue weighted by Gasteiger charge is 2.28. The molecule has 0 heterocycles. The minimum atomic E-state index is -4.13. The van der Waals surface area contributed by atoms with Crippen molar-refractivity contribution in [2.75, 3.05) is 36.4 Å². The first-order chi connectivity index (χ1) is 16.7. The van der Waals surface area contributed by atoms with E-state index < -0.39 is 28.4 Å². The van der Waals surface area contributed by atoms with Crippen molar-refractivity contribution in [1.82, 2.24) is 5.32 Å². The minimum Gasteiger partial charge on any atom is -0.383 e. The molecule has 11 heteroatoms. The first-order valence-electron chi connectivity index (χ1n) is 10.4. The molecule has 0 radical (unpaired) electrons. The number of carbonyl (C=O) groups is 2. The van der Waals surface area contributed by atoms with Crippen molar-refractivity contribution >= 4 is 56.4 Å². The SMILES string of the molecule is COCCNC(=O)c1ccccc1NC(=O)CN(c1ccc(Cl)c(Cl)c1)S(=O)(=O)c1ccccc1. The topological polar surface area (TPSA) is 105 Å². The zero-order valence-corrected chi connectivity index (χ0v) is 21.0. The number of para-hydroxylation sites is 1. The molecule has 2 amide bonds. The van der Waals surface area contributed by atoms with Gasteiger partial charge in [0.2, 0.25) is 5.91 Å². The van der Waals surface area contributed by atoms with Crippen LogP contribution in [0.5, 0.6) is 0 Å². The number of ether oxygens (including phenoxy) is 1. The molecule has 8 nitrogen and oxygen atoms in total. The summed E-state index contributed by atoms with van der Waals surface area (Å²) in [6, 6.07) is 18.4. The number of anilines is 2. The summed E-state index contributed by atoms with van der Waals surface area (Å²) in [6.07, 6.45) is 0. The van der Waals surface area contributed by atoms with Gasteiger partial charge in [0.15, 0.2) is 0 Å². The predicted octanol–water partition coefficient (Wildman–Crippen LogP) is 4.20. The van der Waals surface area contributed by atoms with Crippen LogP contribution in [0, 0.1) is 0 Å². The number of methoxy groups -OCH3 is 1. The molecule has 0 saturated carbocycles. The number of nitrogens with one attached hydrogen (secondary N) is 2. The normalized spacial score (nSPS) is 11.1. The lowest BCUT2D eigenvalue weighted by Gasteiger charge is -2.24. The smallest absolute Gasteiger partial charge is 0.264 e. The van der Waals surface area contributed by atoms with Crippen LogP contribution in [0.15, 0.2) is 77.7 Å². The second-order valence-electron chi connectivity index (χ2n) is 7.27. The molecule has 0 atom stereocenters. The van der Waals surface area contributed by atoms with Crippen molar-refractivity contribution in [1.29, 1.82) is 0 Å². The molecule has 35 heavy (non-hydrogen) atoms. The maximum atomic E-state index is 13.4. The Hall–Kier alpha value is -3.11. The molecule has 0 bridgehead atoms. The van der Waals surface area contributed by atoms with Crippen molar-refractivity contribution in [3.63, 3.8) is 0 Å². The summed E-state index contributed by atoms with van der Waals surface area (Å²) < 4.78 is 32.7. The third-order valence-electron chi connectivity index (χ3n) is 4.85. The summed E-state index contributed by atoms with van der Waals surface area (Å²) in [4.78, 5) is 25.6. The molecule has 3 rings (SSSR count). The summed E-state index contributed by atoms with van der Waals surface area (Å²) in [5.41, 5.74) is 0.617. The number of nitrogens with zero attached hydrogens (tertiary/aromatic N) is 1. The van der Waals surface area contributed by atoms with Gasteiger partial charge < -0.3 is 15.4 Å². The fraction of sp³-hybridized carbons (Fsp3) is 0.167. The molecule has 0 aromatic heterocycles. The van der Waals surface area contributed by atoms with Crippen LogP contribution in [0.1, 0.15) is 10.4 Å². The van der Waals surface area contributed by atoms with Gasteiger partial charge in [-0.05, 0) is 42.5 Å². The molecule has 0 spiro atoms. The quantitative estimate of drug-likeness (QED) is 0.378. The van der Waals surface area contributed by atoms with Gasteiger partial charge in [0.25, 0.3) is 15.9 Å². The Labute approximate surface area is 213 Å². The van der Waals surface area contributed by atoms with E-state index in [1.165, 1.54) is 37.4 Å². The van der Waals surface area contributed by atoms with Crippen LogP contribution in [0.2, 0.25) is 10.0 Å². The lowest BCUT2D eigenvalue weighted by atomic mass is 10.1. The van der Waals surface area contributed by atoms with E-state index in [0.29, 0.717) is 6.61 Å². The predicted molar refractivity (Wildman–Crippen MR) is 137 cm³/mol. The van der Waals surface area contributed by atoms with Crippen molar-refractivity contribution in [2.24, 2.45) is 0 Å². The average molecular weight is 536 g/mol. The van der Waals surface area contributed by atoms with Gasteiger partial charge in [0.1, 0.15) is 6.54 Å². The molecule has 0 saturated heterocycles. The summed E-state index contributed by atoms with van der Waals surface area (Å²) in [7, 11) is -2.62. The van der Waals surface area contributed by atoms with Crippen LogP contribution in [0.25, 0.3) is 0 Å². The maximum Gasteiger partial charge on any atom is 0.264 e. The lowest BCUT2D eigenvalue weighted by Crippen LogP contribution is -2.38. The summed E-state index contributed by atoms with van der Waals surface area (Å²) in [5, 5.41) is 5.70. The molecule has 3 aromatic rings. The molecule has 184 valence electrons. The van der Waals surface area contributed by atoms with Gasteiger partial charge >= 0.3 is 0 Å². The van der Waals surface area contributed by atoms with Crippen LogP contribution in [0.3, 0.4) is 0 Å². The van der Waals surface area contributed by atoms with E-state index in [1.54, 1.807) is 42.5 Å². The largest absolute Gasteiger partial charge is 0.383 e. The highest BCUT2D eigenvalue weighted by Crippen LogP contribution is 2.30. The Morgan fingerprint density at radius 3 is 2.31 bits per heavy atom. The van der Waals surface area contributed by atoms with E-state index in [2.05, 4.69) is 10.6 Å². The Bertz CT molecular complexity index is 1300. The average Bonchev–Trinajstić information content (AvgIpc) is 2.85. The highest BCUT2D eigenvalue weighted by atomic mass is 35.5. The van der Waals surface area contributed by atoms with Crippen molar-refractivity contribution < 1.29 is 22.7 Å². The van der Waals surface area contributed by atoms with Crippen LogP contribution >= 0.6 is 23.2 Å². The van der Waals surface area contributed by atoms with Crippen LogP contribution in [-0.2, 0) is 19.6 Å². The van der Waals surface area contributed by atoms with E-state index >= 15 is 0 Å². The fourth-order valence-corrected chi connectivity index (χ4v) is 4.87. The molecule has 0 aliphatic heterocycles. The highest BCUT2D eigenvalue weighted by molar-refractivity contribution is 7.92. The van der Waals surface area contributed by atoms with Crippen LogP contribution < -0.4 is 14.9 Å². The second kappa shape index (κ2) is 12.0. The maximum absolute atomic E-state index is 13.4. The number of halogens is 2. The van der Waals surface area contributed by atoms with E-state index in [1.807, 2.05) is 0 Å². The number of carbonyl (C=O) groups excluding carboxylic acids is 2. The van der Waals surface area contributed by atoms with E-state index in [0.717, 1.165) is 4.31 Å². The van der Waals surface area contributed by atoms with Gasteiger partial charge in [-0.1, -0.05) is 53.5 Å². The summed E-state index contributed by atoms with van der Waals surface area (Å²) in [5.74, 6) is -1.07. The lowest BCUT2D eigenvalue weighted by molar-refractivity contribution is -0.114. The van der Waals surface area contributed by atoms with Crippen molar-refractivity contribution in [2.45, 2.75) is 4.90 Å². The molecule has 0 fully saturated rings. The van der Waals surface area contributed by atoms with E-state index in [4.69, 9.17) is 27.9 Å². The van der Waals surface area contributed by atoms with E-state index in [-0.39, 0.29) is 38.4 Å².